The number of hydrogen-bond acceptors (Lipinski definition) is 5. The number of anilines is 1. The molecule has 0 fully saturated rings. The zero-order valence-corrected chi connectivity index (χ0v) is 16.2. The molecule has 0 aliphatic carbocycles. The molecule has 144 valence electrons. The number of hydrogen-bond donors (Lipinski definition) is 1. The molecule has 2 aromatic rings. The predicted molar refractivity (Wildman–Crippen MR) is 103 cm³/mol. The fraction of sp³-hybridized carbons (Fsp3) is 0.316. The summed E-state index contributed by atoms with van der Waals surface area (Å²) < 4.78 is 36.4. The first-order valence-corrected chi connectivity index (χ1v) is 10.3. The fourth-order valence-corrected chi connectivity index (χ4v) is 3.85. The van der Waals surface area contributed by atoms with Crippen LogP contribution in [0.25, 0.3) is 0 Å². The second-order valence-corrected chi connectivity index (χ2v) is 8.28. The molecule has 2 aromatic carbocycles. The summed E-state index contributed by atoms with van der Waals surface area (Å²) in [6, 6.07) is 13.9. The Balaban J connectivity index is 1.76. The smallest absolute Gasteiger partial charge is 0.263 e. The van der Waals surface area contributed by atoms with Crippen LogP contribution in [0.5, 0.6) is 11.5 Å². The predicted octanol–water partition coefficient (Wildman–Crippen LogP) is 2.10. The molecule has 0 bridgehead atoms. The molecule has 0 radical (unpaired) electrons. The van der Waals surface area contributed by atoms with E-state index in [9.17, 15) is 13.2 Å². The van der Waals surface area contributed by atoms with Gasteiger partial charge < -0.3 is 14.8 Å². The maximum atomic E-state index is 12.7. The molecule has 3 rings (SSSR count). The molecule has 0 aromatic heterocycles. The Bertz CT molecular complexity index is 927. The first-order chi connectivity index (χ1) is 12.8. The highest BCUT2D eigenvalue weighted by Crippen LogP contribution is 2.34. The van der Waals surface area contributed by atoms with Gasteiger partial charge in [0.1, 0.15) is 11.5 Å². The molecular formula is C19H22N2O5S. The molecule has 2 atom stereocenters. The lowest BCUT2D eigenvalue weighted by molar-refractivity contribution is -0.128. The highest BCUT2D eigenvalue weighted by molar-refractivity contribution is 7.92. The second kappa shape index (κ2) is 7.48. The van der Waals surface area contributed by atoms with Gasteiger partial charge in [-0.1, -0.05) is 24.3 Å². The largest absolute Gasteiger partial charge is 0.497 e. The molecule has 1 aliphatic heterocycles. The quantitative estimate of drug-likeness (QED) is 0.845. The van der Waals surface area contributed by atoms with Gasteiger partial charge in [-0.25, -0.2) is 8.42 Å². The van der Waals surface area contributed by atoms with Crippen LogP contribution in [0, 0.1) is 0 Å². The number of amides is 1. The van der Waals surface area contributed by atoms with Crippen LogP contribution in [0.2, 0.25) is 0 Å². The van der Waals surface area contributed by atoms with E-state index >= 15 is 0 Å². The van der Waals surface area contributed by atoms with Crippen LogP contribution in [0.15, 0.2) is 48.5 Å². The van der Waals surface area contributed by atoms with Gasteiger partial charge in [0.05, 0.1) is 31.6 Å². The van der Waals surface area contributed by atoms with Gasteiger partial charge in [-0.05, 0) is 36.8 Å². The van der Waals surface area contributed by atoms with Crippen molar-refractivity contribution in [3.63, 3.8) is 0 Å². The van der Waals surface area contributed by atoms with Gasteiger partial charge in [-0.3, -0.25) is 9.10 Å². The molecule has 1 N–H and O–H groups in total. The van der Waals surface area contributed by atoms with Gasteiger partial charge in [-0.2, -0.15) is 0 Å². The Hall–Kier alpha value is -2.74. The van der Waals surface area contributed by atoms with Crippen molar-refractivity contribution in [1.82, 2.24) is 5.32 Å². The summed E-state index contributed by atoms with van der Waals surface area (Å²) in [6.45, 7) is 1.78. The molecule has 0 saturated carbocycles. The third kappa shape index (κ3) is 4.16. The fourth-order valence-electron chi connectivity index (χ4n) is 2.94. The standard InChI is InChI=1S/C19H22N2O5S/c1-13(14-8-10-15(25-2)11-9-14)20-19(22)18-12-21(27(3,23)24)16-6-4-5-7-17(16)26-18/h4-11,13,18H,12H2,1-3H3,(H,20,22)/t13-,18-/m0/s1. The van der Waals surface area contributed by atoms with E-state index < -0.39 is 16.1 Å². The molecule has 27 heavy (non-hydrogen) atoms. The van der Waals surface area contributed by atoms with Crippen molar-refractivity contribution in [3.05, 3.63) is 54.1 Å². The summed E-state index contributed by atoms with van der Waals surface area (Å²) in [5, 5.41) is 2.88. The van der Waals surface area contributed by atoms with Crippen molar-refractivity contribution in [2.75, 3.05) is 24.2 Å². The maximum absolute atomic E-state index is 12.7. The molecule has 1 aliphatic rings. The number of benzene rings is 2. The number of rotatable bonds is 5. The number of carbonyl (C=O) groups excluding carboxylic acids is 1. The summed E-state index contributed by atoms with van der Waals surface area (Å²) in [4.78, 5) is 12.7. The van der Waals surface area contributed by atoms with Crippen LogP contribution in [0.4, 0.5) is 5.69 Å². The molecule has 8 heteroatoms. The van der Waals surface area contributed by atoms with Crippen LogP contribution >= 0.6 is 0 Å². The molecule has 0 saturated heterocycles. The van der Waals surface area contributed by atoms with Crippen molar-refractivity contribution in [1.29, 1.82) is 0 Å². The van der Waals surface area contributed by atoms with Crippen molar-refractivity contribution >= 4 is 21.6 Å². The normalized spacial score (nSPS) is 17.4. The number of sulfonamides is 1. The summed E-state index contributed by atoms with van der Waals surface area (Å²) in [7, 11) is -1.95. The number of ether oxygens (including phenoxy) is 2. The molecule has 1 amide bonds. The average molecular weight is 390 g/mol. The Morgan fingerprint density at radius 3 is 2.52 bits per heavy atom. The zero-order valence-electron chi connectivity index (χ0n) is 15.4. The Morgan fingerprint density at radius 1 is 1.22 bits per heavy atom. The number of para-hydroxylation sites is 2. The lowest BCUT2D eigenvalue weighted by Gasteiger charge is -2.34. The zero-order chi connectivity index (χ0) is 19.6. The Kier molecular flexibility index (Phi) is 5.27. The minimum absolute atomic E-state index is 0.0724. The topological polar surface area (TPSA) is 84.9 Å². The van der Waals surface area contributed by atoms with Gasteiger partial charge in [0.2, 0.25) is 10.0 Å². The number of fused-ring (bicyclic) bond motifs is 1. The molecule has 0 unspecified atom stereocenters. The summed E-state index contributed by atoms with van der Waals surface area (Å²) in [6.07, 6.45) is 0.180. The minimum Gasteiger partial charge on any atom is -0.497 e. The van der Waals surface area contributed by atoms with E-state index in [0.29, 0.717) is 11.4 Å². The van der Waals surface area contributed by atoms with E-state index in [4.69, 9.17) is 9.47 Å². The lowest BCUT2D eigenvalue weighted by Crippen LogP contribution is -2.50. The Morgan fingerprint density at radius 2 is 1.89 bits per heavy atom. The van der Waals surface area contributed by atoms with Gasteiger partial charge in [0.25, 0.3) is 5.91 Å². The Labute approximate surface area is 158 Å². The van der Waals surface area contributed by atoms with E-state index in [1.807, 2.05) is 31.2 Å². The van der Waals surface area contributed by atoms with Gasteiger partial charge in [-0.15, -0.1) is 0 Å². The summed E-state index contributed by atoms with van der Waals surface area (Å²) in [5.41, 5.74) is 1.34. The minimum atomic E-state index is -3.53. The van der Waals surface area contributed by atoms with Gasteiger partial charge >= 0.3 is 0 Å². The number of nitrogens with zero attached hydrogens (tertiary/aromatic N) is 1. The maximum Gasteiger partial charge on any atom is 0.263 e. The third-order valence-corrected chi connectivity index (χ3v) is 5.55. The van der Waals surface area contributed by atoms with Crippen molar-refractivity contribution in [2.24, 2.45) is 0 Å². The number of carbonyl (C=O) groups is 1. The monoisotopic (exact) mass is 390 g/mol. The lowest BCUT2D eigenvalue weighted by atomic mass is 10.1. The number of methoxy groups -OCH3 is 1. The first-order valence-electron chi connectivity index (χ1n) is 8.47. The van der Waals surface area contributed by atoms with E-state index in [2.05, 4.69) is 5.32 Å². The van der Waals surface area contributed by atoms with Crippen LogP contribution in [0.1, 0.15) is 18.5 Å². The summed E-state index contributed by atoms with van der Waals surface area (Å²) in [5.74, 6) is 0.723. The average Bonchev–Trinajstić information content (AvgIpc) is 2.66. The van der Waals surface area contributed by atoms with Gasteiger partial charge in [0, 0.05) is 0 Å². The molecule has 1 heterocycles. The third-order valence-electron chi connectivity index (χ3n) is 4.40. The summed E-state index contributed by atoms with van der Waals surface area (Å²) >= 11 is 0. The number of nitrogens with one attached hydrogen (secondary N) is 1. The van der Waals surface area contributed by atoms with Crippen molar-refractivity contribution in [2.45, 2.75) is 19.1 Å². The van der Waals surface area contributed by atoms with Crippen LogP contribution < -0.4 is 19.1 Å². The SMILES string of the molecule is COc1ccc([C@H](C)NC(=O)[C@@H]2CN(S(C)(=O)=O)c3ccccc3O2)cc1. The highest BCUT2D eigenvalue weighted by Gasteiger charge is 2.35. The van der Waals surface area contributed by atoms with Crippen LogP contribution in [0.3, 0.4) is 0 Å². The second-order valence-electron chi connectivity index (χ2n) is 6.37. The molecular weight excluding hydrogens is 368 g/mol. The molecule has 0 spiro atoms. The van der Waals surface area contributed by atoms with Crippen LogP contribution in [-0.4, -0.2) is 40.3 Å². The van der Waals surface area contributed by atoms with E-state index in [1.165, 1.54) is 4.31 Å². The van der Waals surface area contributed by atoms with E-state index in [-0.39, 0.29) is 18.5 Å². The van der Waals surface area contributed by atoms with Crippen molar-refractivity contribution < 1.29 is 22.7 Å². The first kappa shape index (κ1) is 19.0. The van der Waals surface area contributed by atoms with Crippen molar-refractivity contribution in [3.8, 4) is 11.5 Å². The highest BCUT2D eigenvalue weighted by atomic mass is 32.2. The van der Waals surface area contributed by atoms with Crippen LogP contribution in [-0.2, 0) is 14.8 Å². The van der Waals surface area contributed by atoms with Gasteiger partial charge in [0.15, 0.2) is 6.10 Å². The van der Waals surface area contributed by atoms with E-state index in [1.54, 1.807) is 31.4 Å². The van der Waals surface area contributed by atoms with E-state index in [0.717, 1.165) is 17.6 Å². The molecule has 7 nitrogen and oxygen atoms in total.